The summed E-state index contributed by atoms with van der Waals surface area (Å²) >= 11 is 6.76. The van der Waals surface area contributed by atoms with E-state index in [4.69, 9.17) is 11.6 Å². The first kappa shape index (κ1) is 20.9. The van der Waals surface area contributed by atoms with E-state index in [0.29, 0.717) is 5.57 Å². The van der Waals surface area contributed by atoms with Gasteiger partial charge in [-0.25, -0.2) is 8.78 Å². The fraction of sp³-hybridized carbons (Fsp3) is 0.682. The molecule has 9 atom stereocenters. The molecule has 7 heteroatoms. The highest BCUT2D eigenvalue weighted by Gasteiger charge is 2.77. The van der Waals surface area contributed by atoms with Crippen molar-refractivity contribution in [2.75, 3.05) is 0 Å². The first-order valence-corrected chi connectivity index (χ1v) is 10.4. The lowest BCUT2D eigenvalue weighted by Gasteiger charge is -2.63. The van der Waals surface area contributed by atoms with Crippen molar-refractivity contribution in [1.82, 2.24) is 0 Å². The monoisotopic (exact) mass is 426 g/mol. The maximum absolute atomic E-state index is 16.9. The van der Waals surface area contributed by atoms with Gasteiger partial charge >= 0.3 is 0 Å². The van der Waals surface area contributed by atoms with Gasteiger partial charge in [0.15, 0.2) is 17.7 Å². The van der Waals surface area contributed by atoms with E-state index in [2.05, 4.69) is 0 Å². The van der Waals surface area contributed by atoms with Crippen molar-refractivity contribution in [3.8, 4) is 0 Å². The van der Waals surface area contributed by atoms with Crippen LogP contribution in [0.5, 0.6) is 0 Å². The van der Waals surface area contributed by atoms with E-state index in [9.17, 15) is 19.5 Å². The molecule has 4 aliphatic carbocycles. The number of ketones is 2. The average Bonchev–Trinajstić information content (AvgIpc) is 2.85. The van der Waals surface area contributed by atoms with Crippen LogP contribution in [0, 0.1) is 28.6 Å². The third-order valence-corrected chi connectivity index (χ3v) is 9.58. The molecule has 158 valence electrons. The quantitative estimate of drug-likeness (QED) is 0.418. The molecule has 0 heterocycles. The molecule has 0 radical (unpaired) electrons. The second-order valence-electron chi connectivity index (χ2n) is 9.70. The SMILES string of the molecule is C[C@@H]1C[C@H]2[C@@H]3[C@H](F)CC4=CC(=O)C=C[C@]4(C)[C@@]3(F)[C@@H](O)C[C@]2(C)[C@@]1(Cl)C(=O)C=O. The van der Waals surface area contributed by atoms with Crippen molar-refractivity contribution < 1.29 is 28.3 Å². The topological polar surface area (TPSA) is 71.4 Å². The number of halogens is 3. The molecule has 0 aromatic carbocycles. The highest BCUT2D eigenvalue weighted by molar-refractivity contribution is 6.47. The zero-order valence-corrected chi connectivity index (χ0v) is 17.4. The Morgan fingerprint density at radius 2 is 2.03 bits per heavy atom. The number of aldehydes is 1. The molecule has 3 saturated carbocycles. The normalized spacial score (nSPS) is 53.6. The van der Waals surface area contributed by atoms with Crippen LogP contribution in [0.15, 0.2) is 23.8 Å². The second-order valence-corrected chi connectivity index (χ2v) is 10.3. The summed E-state index contributed by atoms with van der Waals surface area (Å²) in [5.74, 6) is -3.46. The molecule has 29 heavy (non-hydrogen) atoms. The van der Waals surface area contributed by atoms with Gasteiger partial charge in [-0.3, -0.25) is 14.4 Å². The lowest BCUT2D eigenvalue weighted by atomic mass is 9.44. The summed E-state index contributed by atoms with van der Waals surface area (Å²) < 4.78 is 32.4. The predicted octanol–water partition coefficient (Wildman–Crippen LogP) is 3.30. The van der Waals surface area contributed by atoms with Crippen molar-refractivity contribution in [2.24, 2.45) is 28.6 Å². The lowest BCUT2D eigenvalue weighted by molar-refractivity contribution is -0.210. The number of hydrogen-bond acceptors (Lipinski definition) is 4. The Balaban J connectivity index is 1.89. The minimum Gasteiger partial charge on any atom is -0.390 e. The zero-order chi connectivity index (χ0) is 21.6. The number of fused-ring (bicyclic) bond motifs is 5. The molecule has 0 saturated heterocycles. The molecule has 4 nitrogen and oxygen atoms in total. The maximum atomic E-state index is 16.9. The standard InChI is InChI=1S/C22H25ClF2O4/c1-11-6-14-18-15(24)8-12-7-13(27)4-5-19(12,2)22(18,25)16(28)9-20(14,3)21(11,23)17(29)10-26/h4-5,7,10-11,14-16,18,28H,6,8-9H2,1-3H3/t11-,14+,15-,16+,18-,19+,20+,21+,22-/m1/s1. The predicted molar refractivity (Wildman–Crippen MR) is 103 cm³/mol. The highest BCUT2D eigenvalue weighted by atomic mass is 35.5. The molecule has 1 N–H and O–H groups in total. The summed E-state index contributed by atoms with van der Waals surface area (Å²) in [7, 11) is 0. The Hall–Kier alpha value is -1.40. The number of allylic oxidation sites excluding steroid dienone is 4. The van der Waals surface area contributed by atoms with Crippen molar-refractivity contribution in [1.29, 1.82) is 0 Å². The van der Waals surface area contributed by atoms with Crippen LogP contribution in [-0.2, 0) is 14.4 Å². The van der Waals surface area contributed by atoms with Crippen LogP contribution in [0.25, 0.3) is 0 Å². The molecule has 0 bridgehead atoms. The number of Topliss-reactive ketones (excluding diaryl/α,β-unsaturated/α-hetero) is 1. The minimum atomic E-state index is -2.36. The van der Waals surface area contributed by atoms with Gasteiger partial charge in [-0.2, -0.15) is 0 Å². The minimum absolute atomic E-state index is 0.118. The molecule has 0 spiro atoms. The van der Waals surface area contributed by atoms with Gasteiger partial charge in [0.2, 0.25) is 5.78 Å². The summed E-state index contributed by atoms with van der Waals surface area (Å²) in [6.07, 6.45) is 0.884. The Morgan fingerprint density at radius 3 is 2.66 bits per heavy atom. The molecule has 0 aliphatic heterocycles. The molecule has 4 rings (SSSR count). The van der Waals surface area contributed by atoms with Gasteiger partial charge in [0.25, 0.3) is 0 Å². The number of carbonyl (C=O) groups excluding carboxylic acids is 3. The third kappa shape index (κ3) is 2.20. The van der Waals surface area contributed by atoms with Crippen LogP contribution >= 0.6 is 11.6 Å². The van der Waals surface area contributed by atoms with Gasteiger partial charge in [-0.1, -0.05) is 25.5 Å². The van der Waals surface area contributed by atoms with E-state index in [1.54, 1.807) is 20.8 Å². The van der Waals surface area contributed by atoms with Crippen LogP contribution in [0.4, 0.5) is 8.78 Å². The van der Waals surface area contributed by atoms with Gasteiger partial charge in [-0.05, 0) is 43.8 Å². The van der Waals surface area contributed by atoms with Gasteiger partial charge in [-0.15, -0.1) is 11.6 Å². The molecule has 0 amide bonds. The molecule has 0 unspecified atom stereocenters. The molecular weight excluding hydrogens is 402 g/mol. The van der Waals surface area contributed by atoms with Crippen molar-refractivity contribution in [3.05, 3.63) is 23.8 Å². The third-order valence-electron chi connectivity index (χ3n) is 8.59. The number of rotatable bonds is 2. The number of alkyl halides is 3. The van der Waals surface area contributed by atoms with Crippen molar-refractivity contribution in [2.45, 2.75) is 62.9 Å². The molecule has 0 aromatic heterocycles. The second kappa shape index (κ2) is 6.07. The van der Waals surface area contributed by atoms with Crippen LogP contribution in [0.2, 0.25) is 0 Å². The maximum Gasteiger partial charge on any atom is 0.216 e. The lowest BCUT2D eigenvalue weighted by Crippen LogP contribution is -2.70. The van der Waals surface area contributed by atoms with E-state index in [1.807, 2.05) is 0 Å². The van der Waals surface area contributed by atoms with Crippen LogP contribution in [-0.4, -0.2) is 45.8 Å². The average molecular weight is 427 g/mol. The Labute approximate surface area is 173 Å². The Morgan fingerprint density at radius 1 is 1.38 bits per heavy atom. The Kier molecular flexibility index (Phi) is 4.36. The smallest absolute Gasteiger partial charge is 0.216 e. The molecule has 4 aliphatic rings. The van der Waals surface area contributed by atoms with Crippen molar-refractivity contribution in [3.63, 3.8) is 0 Å². The van der Waals surface area contributed by atoms with E-state index in [1.165, 1.54) is 18.2 Å². The fourth-order valence-corrected chi connectivity index (χ4v) is 7.42. The van der Waals surface area contributed by atoms with E-state index < -0.39 is 57.2 Å². The van der Waals surface area contributed by atoms with Crippen molar-refractivity contribution >= 4 is 29.5 Å². The van der Waals surface area contributed by atoms with Gasteiger partial charge in [0.05, 0.1) is 6.10 Å². The van der Waals surface area contributed by atoms with Gasteiger partial charge in [0, 0.05) is 23.2 Å². The summed E-state index contributed by atoms with van der Waals surface area (Å²) in [6.45, 7) is 4.97. The van der Waals surface area contributed by atoms with Crippen LogP contribution < -0.4 is 0 Å². The molecule has 3 fully saturated rings. The molecular formula is C22H25ClF2O4. The summed E-state index contributed by atoms with van der Waals surface area (Å²) in [4.78, 5) is 34.1. The van der Waals surface area contributed by atoms with E-state index >= 15 is 8.78 Å². The summed E-state index contributed by atoms with van der Waals surface area (Å²) in [5.41, 5.74) is -4.48. The largest absolute Gasteiger partial charge is 0.390 e. The molecule has 0 aromatic rings. The number of aliphatic hydroxyl groups excluding tert-OH is 1. The summed E-state index contributed by atoms with van der Waals surface area (Å²) in [5, 5.41) is 11.1. The zero-order valence-electron chi connectivity index (χ0n) is 16.6. The van der Waals surface area contributed by atoms with E-state index in [0.717, 1.165) is 0 Å². The first-order valence-electron chi connectivity index (χ1n) is 10.0. The highest BCUT2D eigenvalue weighted by Crippen LogP contribution is 2.72. The van der Waals surface area contributed by atoms with Gasteiger partial charge < -0.3 is 5.11 Å². The van der Waals surface area contributed by atoms with E-state index in [-0.39, 0.29) is 31.3 Å². The Bertz CT molecular complexity index is 871. The fourth-order valence-electron chi connectivity index (χ4n) is 7.07. The van der Waals surface area contributed by atoms with Gasteiger partial charge in [0.1, 0.15) is 11.0 Å². The summed E-state index contributed by atoms with van der Waals surface area (Å²) in [6, 6.07) is 0. The van der Waals surface area contributed by atoms with Crippen LogP contribution in [0.3, 0.4) is 0 Å². The number of carbonyl (C=O) groups is 3. The number of hydrogen-bond donors (Lipinski definition) is 1. The number of aliphatic hydroxyl groups is 1. The first-order chi connectivity index (χ1) is 13.4. The van der Waals surface area contributed by atoms with Crippen LogP contribution in [0.1, 0.15) is 40.0 Å².